The number of benzene rings is 4. The molecule has 0 amide bonds. The van der Waals surface area contributed by atoms with Crippen LogP contribution in [0.3, 0.4) is 0 Å². The Morgan fingerprint density at radius 3 is 1.50 bits per heavy atom. The van der Waals surface area contributed by atoms with Crippen molar-refractivity contribution in [3.05, 3.63) is 127 Å². The zero-order valence-electron chi connectivity index (χ0n) is 17.7. The fourth-order valence-electron chi connectivity index (χ4n) is 4.02. The van der Waals surface area contributed by atoms with Gasteiger partial charge in [-0.15, -0.1) is 5.46 Å². The molecule has 0 bridgehead atoms. The second-order valence-corrected chi connectivity index (χ2v) is 7.88. The van der Waals surface area contributed by atoms with E-state index in [-0.39, 0.29) is 0 Å². The van der Waals surface area contributed by atoms with Crippen molar-refractivity contribution in [3.8, 4) is 0 Å². The molecular formula is C25H23B3NO3-. The number of hydrogen-bond acceptors (Lipinski definition) is 4. The second kappa shape index (κ2) is 9.59. The summed E-state index contributed by atoms with van der Waals surface area (Å²) in [7, 11) is -1.17. The third-order valence-electron chi connectivity index (χ3n) is 5.68. The monoisotopic (exact) mass is 418 g/mol. The van der Waals surface area contributed by atoms with Gasteiger partial charge < -0.3 is 18.9 Å². The van der Waals surface area contributed by atoms with E-state index in [1.807, 2.05) is 109 Å². The van der Waals surface area contributed by atoms with E-state index in [0.29, 0.717) is 6.54 Å². The highest BCUT2D eigenvalue weighted by atomic mass is 16.7. The van der Waals surface area contributed by atoms with Crippen LogP contribution in [0.4, 0.5) is 0 Å². The molecule has 1 N–H and O–H groups in total. The van der Waals surface area contributed by atoms with Gasteiger partial charge in [-0.05, 0) is 23.0 Å². The van der Waals surface area contributed by atoms with E-state index in [2.05, 4.69) is 17.4 Å². The third kappa shape index (κ3) is 4.57. The van der Waals surface area contributed by atoms with Gasteiger partial charge in [-0.2, -0.15) is 0 Å². The van der Waals surface area contributed by atoms with Crippen LogP contribution in [0.15, 0.2) is 121 Å². The molecule has 0 unspecified atom stereocenters. The summed E-state index contributed by atoms with van der Waals surface area (Å²) < 4.78 is 19.6. The molecule has 5 rings (SSSR count). The standard InChI is InChI=1S/C25H23B3NO3/c1-5-13-22(14-6-1)21-29-28(25-19-11-4-12-20-25)31-26(23-15-7-2-8-16-23)30-27(32-28)24-17-9-3-10-18-24/h1-20,29H,21H2/q-1. The fraction of sp³-hybridized carbons (Fsp3) is 0.0400. The highest BCUT2D eigenvalue weighted by Crippen LogP contribution is 2.18. The Morgan fingerprint density at radius 1 is 0.562 bits per heavy atom. The minimum absolute atomic E-state index is 0.585. The average molecular weight is 418 g/mol. The quantitative estimate of drug-likeness (QED) is 0.489. The molecule has 0 atom stereocenters. The molecule has 0 aliphatic carbocycles. The lowest BCUT2D eigenvalue weighted by Crippen LogP contribution is -2.75. The maximum absolute atomic E-state index is 6.63. The topological polar surface area (TPSA) is 39.7 Å². The first kappa shape index (κ1) is 20.8. The molecule has 156 valence electrons. The largest absolute Gasteiger partial charge is 0.592 e. The van der Waals surface area contributed by atoms with E-state index in [1.165, 1.54) is 0 Å². The van der Waals surface area contributed by atoms with Crippen molar-refractivity contribution in [2.24, 2.45) is 0 Å². The molecule has 1 heterocycles. The van der Waals surface area contributed by atoms with Crippen molar-refractivity contribution in [1.29, 1.82) is 0 Å². The summed E-state index contributed by atoms with van der Waals surface area (Å²) in [6.45, 7) is -1.46. The first-order valence-electron chi connectivity index (χ1n) is 10.9. The normalized spacial score (nSPS) is 15.5. The molecule has 1 saturated heterocycles. The van der Waals surface area contributed by atoms with Crippen LogP contribution in [0.2, 0.25) is 0 Å². The van der Waals surface area contributed by atoms with Gasteiger partial charge in [0.2, 0.25) is 0 Å². The average Bonchev–Trinajstić information content (AvgIpc) is 2.89. The van der Waals surface area contributed by atoms with Crippen molar-refractivity contribution >= 4 is 37.3 Å². The van der Waals surface area contributed by atoms with Crippen LogP contribution >= 0.6 is 0 Å². The maximum Gasteiger partial charge on any atom is 0.437 e. The molecule has 7 heteroatoms. The second-order valence-electron chi connectivity index (χ2n) is 7.88. The molecule has 0 aromatic heterocycles. The zero-order valence-corrected chi connectivity index (χ0v) is 17.7. The van der Waals surface area contributed by atoms with Crippen molar-refractivity contribution in [1.82, 2.24) is 5.23 Å². The van der Waals surface area contributed by atoms with Gasteiger partial charge in [-0.25, -0.2) is 0 Å². The molecule has 0 saturated carbocycles. The number of rotatable bonds is 6. The molecule has 1 aliphatic rings. The van der Waals surface area contributed by atoms with Gasteiger partial charge in [-0.1, -0.05) is 121 Å². The highest BCUT2D eigenvalue weighted by Gasteiger charge is 2.44. The lowest BCUT2D eigenvalue weighted by atomic mass is 9.54. The summed E-state index contributed by atoms with van der Waals surface area (Å²) >= 11 is 0. The van der Waals surface area contributed by atoms with Crippen LogP contribution in [0.1, 0.15) is 5.56 Å². The lowest BCUT2D eigenvalue weighted by Gasteiger charge is -2.51. The Bertz CT molecular complexity index is 1070. The van der Waals surface area contributed by atoms with Crippen molar-refractivity contribution in [2.75, 3.05) is 0 Å². The third-order valence-corrected chi connectivity index (χ3v) is 5.68. The molecule has 1 fully saturated rings. The van der Waals surface area contributed by atoms with Gasteiger partial charge >= 0.3 is 20.9 Å². The minimum Gasteiger partial charge on any atom is -0.592 e. The van der Waals surface area contributed by atoms with Crippen molar-refractivity contribution < 1.29 is 13.7 Å². The Kier molecular flexibility index (Phi) is 6.23. The van der Waals surface area contributed by atoms with Crippen molar-refractivity contribution in [3.63, 3.8) is 0 Å². The maximum atomic E-state index is 6.63. The van der Waals surface area contributed by atoms with Gasteiger partial charge in [0.1, 0.15) is 0 Å². The van der Waals surface area contributed by atoms with Gasteiger partial charge in [-0.3, -0.25) is 0 Å². The summed E-state index contributed by atoms with van der Waals surface area (Å²) in [5, 5.41) is 3.61. The SMILES string of the molecule is c1ccc(CN[B-]2(c3ccccc3)OB(c3ccccc3)OB(c3ccccc3)O2)cc1. The molecule has 32 heavy (non-hydrogen) atoms. The Morgan fingerprint density at radius 2 is 1.00 bits per heavy atom. The van der Waals surface area contributed by atoms with Crippen LogP contribution in [-0.2, 0) is 20.3 Å². The molecule has 0 spiro atoms. The molecular weight excluding hydrogens is 395 g/mol. The van der Waals surface area contributed by atoms with Crippen LogP contribution < -0.4 is 21.6 Å². The molecule has 4 aromatic rings. The first-order chi connectivity index (χ1) is 15.8. The minimum atomic E-state index is -2.06. The van der Waals surface area contributed by atoms with E-state index in [4.69, 9.17) is 13.7 Å². The van der Waals surface area contributed by atoms with Gasteiger partial charge in [0, 0.05) is 0 Å². The Labute approximate surface area is 189 Å². The predicted molar refractivity (Wildman–Crippen MR) is 132 cm³/mol. The van der Waals surface area contributed by atoms with Gasteiger partial charge in [0.05, 0.1) is 0 Å². The van der Waals surface area contributed by atoms with E-state index in [9.17, 15) is 0 Å². The number of nitrogens with one attached hydrogen (secondary N) is 1. The molecule has 4 nitrogen and oxygen atoms in total. The van der Waals surface area contributed by atoms with Crippen LogP contribution in [0, 0.1) is 0 Å². The molecule has 4 aromatic carbocycles. The van der Waals surface area contributed by atoms with E-state index in [0.717, 1.165) is 22.0 Å². The summed E-state index contributed by atoms with van der Waals surface area (Å²) in [6, 6.07) is 40.3. The van der Waals surface area contributed by atoms with Gasteiger partial charge in [0.25, 0.3) is 0 Å². The first-order valence-corrected chi connectivity index (χ1v) is 10.9. The summed E-state index contributed by atoms with van der Waals surface area (Å²) in [5.41, 5.74) is 3.98. The fourth-order valence-corrected chi connectivity index (χ4v) is 4.02. The highest BCUT2D eigenvalue weighted by molar-refractivity contribution is 6.94. The number of hydrogen-bond donors (Lipinski definition) is 1. The van der Waals surface area contributed by atoms with Crippen LogP contribution in [0.5, 0.6) is 0 Å². The van der Waals surface area contributed by atoms with Crippen LogP contribution in [0.25, 0.3) is 0 Å². The summed E-state index contributed by atoms with van der Waals surface area (Å²) in [5.74, 6) is 0. The summed E-state index contributed by atoms with van der Waals surface area (Å²) in [6.07, 6.45) is 0. The lowest BCUT2D eigenvalue weighted by molar-refractivity contribution is 0.271. The van der Waals surface area contributed by atoms with E-state index in [1.54, 1.807) is 0 Å². The van der Waals surface area contributed by atoms with Crippen molar-refractivity contribution in [2.45, 2.75) is 6.54 Å². The molecule has 0 radical (unpaired) electrons. The Hall–Kier alpha value is -3.09. The van der Waals surface area contributed by atoms with Gasteiger partial charge in [0.15, 0.2) is 0 Å². The predicted octanol–water partition coefficient (Wildman–Crippen LogP) is 2.48. The van der Waals surface area contributed by atoms with E-state index >= 15 is 0 Å². The zero-order chi connectivity index (χ0) is 21.6. The molecule has 1 aliphatic heterocycles. The summed E-state index contributed by atoms with van der Waals surface area (Å²) in [4.78, 5) is 0. The smallest absolute Gasteiger partial charge is 0.437 e. The van der Waals surface area contributed by atoms with E-state index < -0.39 is 20.9 Å². The van der Waals surface area contributed by atoms with Crippen LogP contribution in [-0.4, -0.2) is 20.9 Å². The Balaban J connectivity index is 1.55.